The fraction of sp³-hybridized carbons (Fsp3) is 0.375. The van der Waals surface area contributed by atoms with Gasteiger partial charge in [0.05, 0.1) is 24.8 Å². The van der Waals surface area contributed by atoms with Gasteiger partial charge in [-0.2, -0.15) is 5.26 Å². The number of morpholine rings is 1. The fourth-order valence-corrected chi connectivity index (χ4v) is 3.51. The van der Waals surface area contributed by atoms with Crippen LogP contribution in [0.3, 0.4) is 0 Å². The van der Waals surface area contributed by atoms with Crippen LogP contribution in [-0.4, -0.2) is 62.3 Å². The summed E-state index contributed by atoms with van der Waals surface area (Å²) in [6.45, 7) is 4.77. The maximum absolute atomic E-state index is 12.9. The van der Waals surface area contributed by atoms with E-state index in [0.717, 1.165) is 44.8 Å². The van der Waals surface area contributed by atoms with E-state index in [0.29, 0.717) is 24.2 Å². The molecule has 1 fully saturated rings. The first kappa shape index (κ1) is 23.3. The molecule has 1 atom stereocenters. The topological polar surface area (TPSA) is 106 Å². The molecule has 8 heteroatoms. The van der Waals surface area contributed by atoms with Crippen molar-refractivity contribution in [3.8, 4) is 6.07 Å². The second kappa shape index (κ2) is 12.4. The van der Waals surface area contributed by atoms with E-state index in [4.69, 9.17) is 10.00 Å². The molecule has 3 amide bonds. The summed E-state index contributed by atoms with van der Waals surface area (Å²) in [5.74, 6) is -0.225. The number of nitrogens with zero attached hydrogens (tertiary/aromatic N) is 2. The first-order valence-electron chi connectivity index (χ1n) is 10.8. The molecule has 2 aromatic rings. The van der Waals surface area contributed by atoms with E-state index in [1.807, 2.05) is 36.4 Å². The highest BCUT2D eigenvalue weighted by molar-refractivity contribution is 5.94. The van der Waals surface area contributed by atoms with Crippen LogP contribution in [0.2, 0.25) is 0 Å². The van der Waals surface area contributed by atoms with E-state index in [-0.39, 0.29) is 5.91 Å². The quantitative estimate of drug-likeness (QED) is 0.523. The van der Waals surface area contributed by atoms with Crippen molar-refractivity contribution in [2.45, 2.75) is 18.9 Å². The van der Waals surface area contributed by atoms with Crippen LogP contribution in [0.1, 0.15) is 17.5 Å². The molecule has 1 heterocycles. The molecule has 168 valence electrons. The molecular formula is C24H29N5O3. The van der Waals surface area contributed by atoms with E-state index >= 15 is 0 Å². The summed E-state index contributed by atoms with van der Waals surface area (Å²) in [4.78, 5) is 27.7. The highest BCUT2D eigenvalue weighted by Gasteiger charge is 2.21. The van der Waals surface area contributed by atoms with Gasteiger partial charge >= 0.3 is 6.03 Å². The molecular weight excluding hydrogens is 406 g/mol. The summed E-state index contributed by atoms with van der Waals surface area (Å²) < 4.78 is 5.35. The van der Waals surface area contributed by atoms with Crippen molar-refractivity contribution in [3.05, 3.63) is 65.7 Å². The maximum atomic E-state index is 12.9. The summed E-state index contributed by atoms with van der Waals surface area (Å²) in [6, 6.07) is 17.0. The zero-order chi connectivity index (χ0) is 22.6. The average Bonchev–Trinajstić information content (AvgIpc) is 2.82. The number of nitrogens with one attached hydrogen (secondary N) is 3. The van der Waals surface area contributed by atoms with Gasteiger partial charge in [-0.05, 0) is 36.7 Å². The number of benzene rings is 2. The lowest BCUT2D eigenvalue weighted by Gasteiger charge is -2.26. The van der Waals surface area contributed by atoms with Gasteiger partial charge in [0, 0.05) is 31.7 Å². The molecule has 1 aliphatic rings. The number of amides is 3. The molecule has 0 saturated carbocycles. The van der Waals surface area contributed by atoms with Crippen molar-refractivity contribution in [1.82, 2.24) is 15.5 Å². The van der Waals surface area contributed by atoms with E-state index in [1.165, 1.54) is 0 Å². The van der Waals surface area contributed by atoms with Gasteiger partial charge in [-0.1, -0.05) is 36.4 Å². The largest absolute Gasteiger partial charge is 0.379 e. The lowest BCUT2D eigenvalue weighted by Crippen LogP contribution is -2.49. The Hall–Kier alpha value is -3.41. The number of urea groups is 1. The Bertz CT molecular complexity index is 923. The average molecular weight is 436 g/mol. The molecule has 8 nitrogen and oxygen atoms in total. The van der Waals surface area contributed by atoms with E-state index < -0.39 is 12.1 Å². The van der Waals surface area contributed by atoms with Gasteiger partial charge in [-0.15, -0.1) is 0 Å². The minimum absolute atomic E-state index is 0.225. The fourth-order valence-electron chi connectivity index (χ4n) is 3.51. The minimum Gasteiger partial charge on any atom is -0.379 e. The minimum atomic E-state index is -0.722. The predicted molar refractivity (Wildman–Crippen MR) is 122 cm³/mol. The molecule has 3 rings (SSSR count). The number of rotatable bonds is 9. The standard InChI is InChI=1S/C24H29N5O3/c25-18-20-8-4-9-21(16-20)27-24(31)28-22(17-19-6-2-1-3-7-19)23(30)26-10-5-11-29-12-14-32-15-13-29/h1-4,6-9,16,22H,5,10-15,17H2,(H,26,30)(H2,27,28,31). The number of carbonyl (C=O) groups is 2. The Balaban J connectivity index is 1.54. The van der Waals surface area contributed by atoms with Crippen molar-refractivity contribution in [2.75, 3.05) is 44.7 Å². The van der Waals surface area contributed by atoms with Crippen LogP contribution in [0.4, 0.5) is 10.5 Å². The van der Waals surface area contributed by atoms with Gasteiger partial charge in [-0.25, -0.2) is 4.79 Å². The van der Waals surface area contributed by atoms with Crippen molar-refractivity contribution < 1.29 is 14.3 Å². The second-order valence-corrected chi connectivity index (χ2v) is 7.63. The Morgan fingerprint density at radius 1 is 1.09 bits per heavy atom. The zero-order valence-corrected chi connectivity index (χ0v) is 18.0. The number of hydrogen-bond donors (Lipinski definition) is 3. The van der Waals surface area contributed by atoms with E-state index in [1.54, 1.807) is 24.3 Å². The van der Waals surface area contributed by atoms with Crippen LogP contribution in [0.25, 0.3) is 0 Å². The molecule has 1 aliphatic heterocycles. The highest BCUT2D eigenvalue weighted by Crippen LogP contribution is 2.10. The third-order valence-corrected chi connectivity index (χ3v) is 5.21. The highest BCUT2D eigenvalue weighted by atomic mass is 16.5. The van der Waals surface area contributed by atoms with Crippen molar-refractivity contribution >= 4 is 17.6 Å². The Labute approximate surface area is 188 Å². The molecule has 2 aromatic carbocycles. The maximum Gasteiger partial charge on any atom is 0.319 e. The number of hydrogen-bond acceptors (Lipinski definition) is 5. The first-order chi connectivity index (χ1) is 15.6. The molecule has 3 N–H and O–H groups in total. The monoisotopic (exact) mass is 435 g/mol. The number of nitriles is 1. The number of carbonyl (C=O) groups excluding carboxylic acids is 2. The van der Waals surface area contributed by atoms with Crippen LogP contribution in [0, 0.1) is 11.3 Å². The Morgan fingerprint density at radius 3 is 2.62 bits per heavy atom. The molecule has 0 aliphatic carbocycles. The van der Waals surface area contributed by atoms with Crippen LogP contribution in [-0.2, 0) is 16.0 Å². The van der Waals surface area contributed by atoms with Gasteiger partial charge < -0.3 is 20.7 Å². The summed E-state index contributed by atoms with van der Waals surface area (Å²) in [7, 11) is 0. The van der Waals surface area contributed by atoms with E-state index in [9.17, 15) is 9.59 Å². The summed E-state index contributed by atoms with van der Waals surface area (Å²) in [5, 5.41) is 17.4. The first-order valence-corrected chi connectivity index (χ1v) is 10.8. The third-order valence-electron chi connectivity index (χ3n) is 5.21. The molecule has 32 heavy (non-hydrogen) atoms. The normalized spacial score (nSPS) is 14.7. The third kappa shape index (κ3) is 7.69. The number of ether oxygens (including phenoxy) is 1. The molecule has 0 spiro atoms. The smallest absolute Gasteiger partial charge is 0.319 e. The lowest BCUT2D eigenvalue weighted by molar-refractivity contribution is -0.122. The predicted octanol–water partition coefficient (Wildman–Crippen LogP) is 2.13. The van der Waals surface area contributed by atoms with E-state index in [2.05, 4.69) is 20.9 Å². The Kier molecular flexibility index (Phi) is 9.05. The zero-order valence-electron chi connectivity index (χ0n) is 18.0. The molecule has 1 saturated heterocycles. The van der Waals surface area contributed by atoms with Crippen LogP contribution >= 0.6 is 0 Å². The molecule has 1 unspecified atom stereocenters. The van der Waals surface area contributed by atoms with Crippen LogP contribution in [0.15, 0.2) is 54.6 Å². The van der Waals surface area contributed by atoms with Crippen LogP contribution < -0.4 is 16.0 Å². The summed E-state index contributed by atoms with van der Waals surface area (Å²) in [6.07, 6.45) is 1.21. The molecule has 0 radical (unpaired) electrons. The number of anilines is 1. The van der Waals surface area contributed by atoms with Crippen LogP contribution in [0.5, 0.6) is 0 Å². The van der Waals surface area contributed by atoms with Crippen molar-refractivity contribution in [3.63, 3.8) is 0 Å². The summed E-state index contributed by atoms with van der Waals surface area (Å²) in [5.41, 5.74) is 1.89. The molecule has 0 bridgehead atoms. The second-order valence-electron chi connectivity index (χ2n) is 7.63. The van der Waals surface area contributed by atoms with Gasteiger partial charge in [0.15, 0.2) is 0 Å². The van der Waals surface area contributed by atoms with Gasteiger partial charge in [-0.3, -0.25) is 9.69 Å². The van der Waals surface area contributed by atoms with Gasteiger partial charge in [0.2, 0.25) is 5.91 Å². The van der Waals surface area contributed by atoms with Gasteiger partial charge in [0.1, 0.15) is 6.04 Å². The van der Waals surface area contributed by atoms with Crippen molar-refractivity contribution in [1.29, 1.82) is 5.26 Å². The van der Waals surface area contributed by atoms with Gasteiger partial charge in [0.25, 0.3) is 0 Å². The lowest BCUT2D eigenvalue weighted by atomic mass is 10.1. The van der Waals surface area contributed by atoms with Crippen molar-refractivity contribution in [2.24, 2.45) is 0 Å². The Morgan fingerprint density at radius 2 is 1.88 bits per heavy atom. The SMILES string of the molecule is N#Cc1cccc(NC(=O)NC(Cc2ccccc2)C(=O)NCCCN2CCOCC2)c1. The molecule has 0 aromatic heterocycles. The summed E-state index contributed by atoms with van der Waals surface area (Å²) >= 11 is 0.